The number of nitrogens with zero attached hydrogens (tertiary/aromatic N) is 2. The molecule has 1 saturated carbocycles. The Hall–Kier alpha value is -1.12. The van der Waals surface area contributed by atoms with Gasteiger partial charge in [0.25, 0.3) is 0 Å². The molecule has 11 heavy (non-hydrogen) atoms. The van der Waals surface area contributed by atoms with E-state index in [0.717, 1.165) is 5.69 Å². The molecule has 1 aromatic rings. The summed E-state index contributed by atoms with van der Waals surface area (Å²) in [5.41, 5.74) is 0.990. The molecule has 1 heterocycles. The van der Waals surface area contributed by atoms with E-state index in [2.05, 4.69) is 9.97 Å². The van der Waals surface area contributed by atoms with Crippen molar-refractivity contribution in [2.24, 2.45) is 0 Å². The predicted molar refractivity (Wildman–Crippen MR) is 40.3 cm³/mol. The van der Waals surface area contributed by atoms with Crippen LogP contribution in [0.3, 0.4) is 0 Å². The number of aromatic hydroxyl groups is 1. The third kappa shape index (κ3) is 1.18. The third-order valence-electron chi connectivity index (χ3n) is 2.20. The van der Waals surface area contributed by atoms with Crippen LogP contribution in [0.15, 0.2) is 12.4 Å². The van der Waals surface area contributed by atoms with Gasteiger partial charge in [-0.3, -0.25) is 0 Å². The van der Waals surface area contributed by atoms with E-state index in [1.807, 2.05) is 0 Å². The second-order valence-corrected chi connectivity index (χ2v) is 2.93. The summed E-state index contributed by atoms with van der Waals surface area (Å²) in [4.78, 5) is 7.72. The maximum Gasteiger partial charge on any atom is 0.214 e. The fourth-order valence-electron chi connectivity index (χ4n) is 1.29. The second kappa shape index (κ2) is 2.49. The van der Waals surface area contributed by atoms with Crippen molar-refractivity contribution >= 4 is 0 Å². The smallest absolute Gasteiger partial charge is 0.214 e. The molecule has 0 aromatic carbocycles. The van der Waals surface area contributed by atoms with Gasteiger partial charge in [-0.1, -0.05) is 6.42 Å². The first-order valence-electron chi connectivity index (χ1n) is 3.87. The van der Waals surface area contributed by atoms with Crippen molar-refractivity contribution in [3.05, 3.63) is 18.1 Å². The highest BCUT2D eigenvalue weighted by Crippen LogP contribution is 2.35. The summed E-state index contributed by atoms with van der Waals surface area (Å²) >= 11 is 0. The molecule has 0 saturated heterocycles. The second-order valence-electron chi connectivity index (χ2n) is 2.93. The van der Waals surface area contributed by atoms with E-state index in [4.69, 9.17) is 5.11 Å². The number of rotatable bonds is 1. The van der Waals surface area contributed by atoms with Crippen LogP contribution < -0.4 is 0 Å². The highest BCUT2D eigenvalue weighted by atomic mass is 16.3. The molecule has 3 heteroatoms. The molecule has 0 aliphatic heterocycles. The molecular formula is C8H10N2O. The summed E-state index contributed by atoms with van der Waals surface area (Å²) in [6.45, 7) is 0. The van der Waals surface area contributed by atoms with Crippen LogP contribution in [-0.4, -0.2) is 15.1 Å². The first-order valence-corrected chi connectivity index (χ1v) is 3.87. The number of hydrogen-bond donors (Lipinski definition) is 1. The molecule has 1 aliphatic carbocycles. The minimum Gasteiger partial charge on any atom is -0.493 e. The largest absolute Gasteiger partial charge is 0.493 e. The summed E-state index contributed by atoms with van der Waals surface area (Å²) < 4.78 is 0. The van der Waals surface area contributed by atoms with Crippen molar-refractivity contribution in [1.29, 1.82) is 0 Å². The van der Waals surface area contributed by atoms with Crippen LogP contribution in [0.1, 0.15) is 30.9 Å². The SMILES string of the molecule is Oc1cc(C2CCC2)ncn1. The Labute approximate surface area is 65.1 Å². The molecule has 0 radical (unpaired) electrons. The van der Waals surface area contributed by atoms with Gasteiger partial charge in [0.05, 0.1) is 5.69 Å². The van der Waals surface area contributed by atoms with Crippen molar-refractivity contribution in [2.45, 2.75) is 25.2 Å². The lowest BCUT2D eigenvalue weighted by Crippen LogP contribution is -2.10. The normalized spacial score (nSPS) is 17.8. The monoisotopic (exact) mass is 150 g/mol. The lowest BCUT2D eigenvalue weighted by atomic mass is 9.83. The summed E-state index contributed by atoms with van der Waals surface area (Å²) in [5, 5.41) is 9.03. The predicted octanol–water partition coefficient (Wildman–Crippen LogP) is 1.45. The highest BCUT2D eigenvalue weighted by molar-refractivity contribution is 5.17. The van der Waals surface area contributed by atoms with Gasteiger partial charge in [-0.05, 0) is 12.8 Å². The van der Waals surface area contributed by atoms with Gasteiger partial charge >= 0.3 is 0 Å². The lowest BCUT2D eigenvalue weighted by Gasteiger charge is -2.24. The third-order valence-corrected chi connectivity index (χ3v) is 2.20. The summed E-state index contributed by atoms with van der Waals surface area (Å²) in [5.74, 6) is 0.658. The summed E-state index contributed by atoms with van der Waals surface area (Å²) in [6.07, 6.45) is 5.12. The van der Waals surface area contributed by atoms with Gasteiger partial charge in [-0.2, -0.15) is 0 Å². The van der Waals surface area contributed by atoms with Crippen molar-refractivity contribution in [2.75, 3.05) is 0 Å². The van der Waals surface area contributed by atoms with Crippen molar-refractivity contribution in [3.8, 4) is 5.88 Å². The van der Waals surface area contributed by atoms with Gasteiger partial charge in [-0.25, -0.2) is 9.97 Å². The topological polar surface area (TPSA) is 46.0 Å². The average molecular weight is 150 g/mol. The minimum atomic E-state index is 0.0851. The van der Waals surface area contributed by atoms with Crippen molar-refractivity contribution < 1.29 is 5.11 Å². The molecule has 58 valence electrons. The molecule has 0 bridgehead atoms. The van der Waals surface area contributed by atoms with Crippen LogP contribution in [0.5, 0.6) is 5.88 Å². The zero-order chi connectivity index (χ0) is 7.68. The van der Waals surface area contributed by atoms with Crippen molar-refractivity contribution in [3.63, 3.8) is 0 Å². The van der Waals surface area contributed by atoms with E-state index in [-0.39, 0.29) is 5.88 Å². The molecule has 1 N–H and O–H groups in total. The number of aromatic nitrogens is 2. The van der Waals surface area contributed by atoms with Crippen LogP contribution in [0.4, 0.5) is 0 Å². The molecule has 0 unspecified atom stereocenters. The highest BCUT2D eigenvalue weighted by Gasteiger charge is 2.20. The molecule has 1 aromatic heterocycles. The minimum absolute atomic E-state index is 0.0851. The van der Waals surface area contributed by atoms with E-state index in [9.17, 15) is 0 Å². The van der Waals surface area contributed by atoms with Crippen LogP contribution in [-0.2, 0) is 0 Å². The van der Waals surface area contributed by atoms with E-state index in [1.54, 1.807) is 6.07 Å². The van der Waals surface area contributed by atoms with E-state index < -0.39 is 0 Å². The Bertz CT molecular complexity index is 258. The van der Waals surface area contributed by atoms with Crippen LogP contribution >= 0.6 is 0 Å². The Kier molecular flexibility index (Phi) is 1.49. The van der Waals surface area contributed by atoms with Gasteiger partial charge < -0.3 is 5.11 Å². The Morgan fingerprint density at radius 1 is 1.36 bits per heavy atom. The van der Waals surface area contributed by atoms with E-state index in [0.29, 0.717) is 5.92 Å². The Morgan fingerprint density at radius 2 is 2.18 bits per heavy atom. The molecular weight excluding hydrogens is 140 g/mol. The molecule has 0 spiro atoms. The standard InChI is InChI=1S/C8H10N2O/c11-8-4-7(9-5-10-8)6-2-1-3-6/h4-6H,1-3H2,(H,9,10,11). The molecule has 0 amide bonds. The first kappa shape index (κ1) is 6.58. The van der Waals surface area contributed by atoms with Gasteiger partial charge in [0.1, 0.15) is 6.33 Å². The Balaban J connectivity index is 2.23. The van der Waals surface area contributed by atoms with Crippen LogP contribution in [0.25, 0.3) is 0 Å². The average Bonchev–Trinajstić information content (AvgIpc) is 1.83. The molecule has 2 rings (SSSR count). The lowest BCUT2D eigenvalue weighted by molar-refractivity contribution is 0.402. The molecule has 1 fully saturated rings. The van der Waals surface area contributed by atoms with Crippen LogP contribution in [0.2, 0.25) is 0 Å². The zero-order valence-corrected chi connectivity index (χ0v) is 6.20. The molecule has 3 nitrogen and oxygen atoms in total. The van der Waals surface area contributed by atoms with E-state index in [1.165, 1.54) is 25.6 Å². The fourth-order valence-corrected chi connectivity index (χ4v) is 1.29. The molecule has 0 atom stereocenters. The zero-order valence-electron chi connectivity index (χ0n) is 6.20. The fraction of sp³-hybridized carbons (Fsp3) is 0.500. The summed E-state index contributed by atoms with van der Waals surface area (Å²) in [6, 6.07) is 1.66. The van der Waals surface area contributed by atoms with Gasteiger partial charge in [-0.15, -0.1) is 0 Å². The maximum absolute atomic E-state index is 9.03. The van der Waals surface area contributed by atoms with E-state index >= 15 is 0 Å². The maximum atomic E-state index is 9.03. The van der Waals surface area contributed by atoms with Gasteiger partial charge in [0.15, 0.2) is 0 Å². The Morgan fingerprint density at radius 3 is 2.73 bits per heavy atom. The van der Waals surface area contributed by atoms with Gasteiger partial charge in [0.2, 0.25) is 5.88 Å². The summed E-state index contributed by atoms with van der Waals surface area (Å²) in [7, 11) is 0. The molecule has 1 aliphatic rings. The van der Waals surface area contributed by atoms with Crippen LogP contribution in [0, 0.1) is 0 Å². The first-order chi connectivity index (χ1) is 5.36. The van der Waals surface area contributed by atoms with Crippen molar-refractivity contribution in [1.82, 2.24) is 9.97 Å². The van der Waals surface area contributed by atoms with Gasteiger partial charge in [0, 0.05) is 12.0 Å². The quantitative estimate of drug-likeness (QED) is 0.659. The number of hydrogen-bond acceptors (Lipinski definition) is 3.